The molecule has 1 saturated heterocycles. The average Bonchev–Trinajstić information content (AvgIpc) is 2.65. The van der Waals surface area contributed by atoms with Crippen molar-refractivity contribution in [3.8, 4) is 0 Å². The third kappa shape index (κ3) is 1.09. The number of amides is 1. The van der Waals surface area contributed by atoms with Crippen LogP contribution in [-0.2, 0) is 4.79 Å². The van der Waals surface area contributed by atoms with Gasteiger partial charge in [0.25, 0.3) is 0 Å². The average molecular weight is 196 g/mol. The number of hydrogen-bond acceptors (Lipinski definition) is 3. The number of nitrogens with zero attached hydrogens (tertiary/aromatic N) is 1. The number of carbonyl (C=O) groups excluding carboxylic acids is 1. The highest BCUT2D eigenvalue weighted by atomic mass is 32.1. The molecule has 1 aromatic rings. The van der Waals surface area contributed by atoms with Crippen LogP contribution in [0, 0.1) is 5.41 Å². The van der Waals surface area contributed by atoms with E-state index >= 15 is 0 Å². The first-order chi connectivity index (χ1) is 6.18. The standard InChI is InChI=1S/C9H12N2OS/c1-3-9(2)6(11-8(9)12)7-10-4-5-13-7/h4-6H,3H2,1-2H3,(H,11,12). The highest BCUT2D eigenvalue weighted by Gasteiger charge is 2.51. The van der Waals surface area contributed by atoms with Crippen LogP contribution in [0.5, 0.6) is 0 Å². The smallest absolute Gasteiger partial charge is 0.229 e. The number of thiazole rings is 1. The molecule has 0 saturated carbocycles. The lowest BCUT2D eigenvalue weighted by Gasteiger charge is -2.44. The molecule has 1 amide bonds. The summed E-state index contributed by atoms with van der Waals surface area (Å²) in [6, 6.07) is 0.130. The first-order valence-electron chi connectivity index (χ1n) is 4.39. The van der Waals surface area contributed by atoms with Gasteiger partial charge in [-0.25, -0.2) is 4.98 Å². The fourth-order valence-electron chi connectivity index (χ4n) is 1.58. The topological polar surface area (TPSA) is 42.0 Å². The van der Waals surface area contributed by atoms with Crippen molar-refractivity contribution in [1.82, 2.24) is 10.3 Å². The van der Waals surface area contributed by atoms with Crippen LogP contribution >= 0.6 is 11.3 Å². The van der Waals surface area contributed by atoms with Crippen LogP contribution < -0.4 is 5.32 Å². The number of rotatable bonds is 2. The molecule has 4 heteroatoms. The lowest BCUT2D eigenvalue weighted by atomic mass is 9.72. The number of aromatic nitrogens is 1. The molecule has 0 aromatic carbocycles. The van der Waals surface area contributed by atoms with E-state index in [1.54, 1.807) is 17.5 Å². The van der Waals surface area contributed by atoms with Crippen molar-refractivity contribution in [1.29, 1.82) is 0 Å². The van der Waals surface area contributed by atoms with Crippen molar-refractivity contribution in [2.45, 2.75) is 26.3 Å². The molecule has 1 aliphatic heterocycles. The van der Waals surface area contributed by atoms with Gasteiger partial charge in [0.15, 0.2) is 0 Å². The molecule has 0 radical (unpaired) electrons. The summed E-state index contributed by atoms with van der Waals surface area (Å²) in [5.41, 5.74) is -0.238. The summed E-state index contributed by atoms with van der Waals surface area (Å²) in [5, 5.41) is 5.85. The molecule has 0 spiro atoms. The van der Waals surface area contributed by atoms with E-state index in [4.69, 9.17) is 0 Å². The summed E-state index contributed by atoms with van der Waals surface area (Å²) in [6.07, 6.45) is 2.64. The van der Waals surface area contributed by atoms with Crippen LogP contribution in [0.2, 0.25) is 0 Å². The Bertz CT molecular complexity index is 322. The Morgan fingerprint density at radius 1 is 1.77 bits per heavy atom. The van der Waals surface area contributed by atoms with Crippen LogP contribution in [0.4, 0.5) is 0 Å². The lowest BCUT2D eigenvalue weighted by molar-refractivity contribution is -0.145. The van der Waals surface area contributed by atoms with Gasteiger partial charge in [0, 0.05) is 11.6 Å². The van der Waals surface area contributed by atoms with Crippen LogP contribution in [0.25, 0.3) is 0 Å². The lowest BCUT2D eigenvalue weighted by Crippen LogP contribution is -2.59. The maximum Gasteiger partial charge on any atom is 0.229 e. The Balaban J connectivity index is 2.25. The first kappa shape index (κ1) is 8.69. The SMILES string of the molecule is CCC1(C)C(=O)NC1c1nccs1. The summed E-state index contributed by atoms with van der Waals surface area (Å²) in [4.78, 5) is 15.6. The van der Waals surface area contributed by atoms with Gasteiger partial charge in [0.2, 0.25) is 5.91 Å². The van der Waals surface area contributed by atoms with E-state index in [0.29, 0.717) is 0 Å². The minimum Gasteiger partial charge on any atom is -0.345 e. The number of hydrogen-bond donors (Lipinski definition) is 1. The van der Waals surface area contributed by atoms with E-state index in [1.807, 2.05) is 19.2 Å². The van der Waals surface area contributed by atoms with E-state index in [-0.39, 0.29) is 17.4 Å². The minimum absolute atomic E-state index is 0.130. The van der Waals surface area contributed by atoms with Crippen molar-refractivity contribution in [3.05, 3.63) is 16.6 Å². The van der Waals surface area contributed by atoms with Crippen molar-refractivity contribution in [2.75, 3.05) is 0 Å². The molecule has 70 valence electrons. The molecule has 1 aromatic heterocycles. The van der Waals surface area contributed by atoms with Gasteiger partial charge in [-0.05, 0) is 13.3 Å². The second-order valence-electron chi connectivity index (χ2n) is 3.55. The van der Waals surface area contributed by atoms with Gasteiger partial charge in [-0.2, -0.15) is 0 Å². The molecule has 13 heavy (non-hydrogen) atoms. The van der Waals surface area contributed by atoms with E-state index in [2.05, 4.69) is 10.3 Å². The molecule has 1 N–H and O–H groups in total. The van der Waals surface area contributed by atoms with Crippen LogP contribution in [-0.4, -0.2) is 10.9 Å². The first-order valence-corrected chi connectivity index (χ1v) is 5.27. The maximum atomic E-state index is 11.4. The van der Waals surface area contributed by atoms with Gasteiger partial charge >= 0.3 is 0 Å². The minimum atomic E-state index is -0.238. The second-order valence-corrected chi connectivity index (χ2v) is 4.47. The summed E-state index contributed by atoms with van der Waals surface area (Å²) in [6.45, 7) is 4.04. The molecular weight excluding hydrogens is 184 g/mol. The van der Waals surface area contributed by atoms with Crippen molar-refractivity contribution >= 4 is 17.2 Å². The number of nitrogens with one attached hydrogen (secondary N) is 1. The van der Waals surface area contributed by atoms with Gasteiger partial charge in [-0.3, -0.25) is 4.79 Å². The van der Waals surface area contributed by atoms with Gasteiger partial charge < -0.3 is 5.32 Å². The van der Waals surface area contributed by atoms with Crippen molar-refractivity contribution in [3.63, 3.8) is 0 Å². The summed E-state index contributed by atoms with van der Waals surface area (Å²) in [7, 11) is 0. The highest BCUT2D eigenvalue weighted by Crippen LogP contribution is 2.44. The monoisotopic (exact) mass is 196 g/mol. The van der Waals surface area contributed by atoms with E-state index < -0.39 is 0 Å². The van der Waals surface area contributed by atoms with Crippen LogP contribution in [0.3, 0.4) is 0 Å². The van der Waals surface area contributed by atoms with Gasteiger partial charge in [0.1, 0.15) is 5.01 Å². The molecule has 3 nitrogen and oxygen atoms in total. The summed E-state index contributed by atoms with van der Waals surface area (Å²) in [5.74, 6) is 0.148. The number of carbonyl (C=O) groups is 1. The maximum absolute atomic E-state index is 11.4. The molecule has 2 rings (SSSR count). The quantitative estimate of drug-likeness (QED) is 0.732. The largest absolute Gasteiger partial charge is 0.345 e. The van der Waals surface area contributed by atoms with Crippen molar-refractivity contribution < 1.29 is 4.79 Å². The normalized spacial score (nSPS) is 32.5. The van der Waals surface area contributed by atoms with E-state index in [9.17, 15) is 4.79 Å². The Hall–Kier alpha value is -0.900. The zero-order chi connectivity index (χ0) is 9.47. The fourth-order valence-corrected chi connectivity index (χ4v) is 2.42. The summed E-state index contributed by atoms with van der Waals surface area (Å²) >= 11 is 1.60. The van der Waals surface area contributed by atoms with E-state index in [0.717, 1.165) is 11.4 Å². The van der Waals surface area contributed by atoms with Crippen LogP contribution in [0.1, 0.15) is 31.3 Å². The third-order valence-electron chi connectivity index (χ3n) is 2.86. The molecule has 0 bridgehead atoms. The van der Waals surface area contributed by atoms with Crippen molar-refractivity contribution in [2.24, 2.45) is 5.41 Å². The fraction of sp³-hybridized carbons (Fsp3) is 0.556. The molecule has 2 unspecified atom stereocenters. The summed E-state index contributed by atoms with van der Waals surface area (Å²) < 4.78 is 0. The predicted molar refractivity (Wildman–Crippen MR) is 51.4 cm³/mol. The Morgan fingerprint density at radius 2 is 2.54 bits per heavy atom. The zero-order valence-corrected chi connectivity index (χ0v) is 8.52. The Morgan fingerprint density at radius 3 is 3.00 bits per heavy atom. The van der Waals surface area contributed by atoms with Gasteiger partial charge in [0.05, 0.1) is 11.5 Å². The Kier molecular flexibility index (Phi) is 1.87. The zero-order valence-electron chi connectivity index (χ0n) is 7.70. The van der Waals surface area contributed by atoms with Crippen LogP contribution in [0.15, 0.2) is 11.6 Å². The molecule has 1 fully saturated rings. The second kappa shape index (κ2) is 2.80. The third-order valence-corrected chi connectivity index (χ3v) is 3.70. The Labute approximate surface area is 81.2 Å². The predicted octanol–water partition coefficient (Wildman–Crippen LogP) is 1.73. The molecular formula is C9H12N2OS. The highest BCUT2D eigenvalue weighted by molar-refractivity contribution is 7.09. The van der Waals surface area contributed by atoms with Gasteiger partial charge in [-0.15, -0.1) is 11.3 Å². The van der Waals surface area contributed by atoms with E-state index in [1.165, 1.54) is 0 Å². The molecule has 2 atom stereocenters. The van der Waals surface area contributed by atoms with Gasteiger partial charge in [-0.1, -0.05) is 6.92 Å². The molecule has 0 aliphatic carbocycles. The molecule has 1 aliphatic rings. The number of β-lactam (4-membered cyclic amide) rings is 1. The molecule has 2 heterocycles.